The van der Waals surface area contributed by atoms with Crippen molar-refractivity contribution < 1.29 is 9.50 Å². The van der Waals surface area contributed by atoms with E-state index in [1.807, 2.05) is 0 Å². The van der Waals surface area contributed by atoms with Gasteiger partial charge in [0.2, 0.25) is 0 Å². The summed E-state index contributed by atoms with van der Waals surface area (Å²) in [6, 6.07) is 0. The third-order valence-corrected chi connectivity index (χ3v) is 1.11. The number of halogens is 1. The molecule has 0 aromatic carbocycles. The van der Waals surface area contributed by atoms with Gasteiger partial charge in [-0.25, -0.2) is 14.4 Å². The molecule has 0 aliphatic carbocycles. The summed E-state index contributed by atoms with van der Waals surface area (Å²) in [5.41, 5.74) is 0.407. The number of rotatable bonds is 2. The maximum atomic E-state index is 11.8. The van der Waals surface area contributed by atoms with Crippen LogP contribution in [0.1, 0.15) is 11.7 Å². The molecular weight excluding hydrogens is 135 g/mol. The Bertz CT molecular complexity index is 192. The molecule has 0 amide bonds. The maximum Gasteiger partial charge on any atom is 0.120 e. The van der Waals surface area contributed by atoms with Gasteiger partial charge in [-0.3, -0.25) is 0 Å². The summed E-state index contributed by atoms with van der Waals surface area (Å²) in [5.74, 6) is 0. The van der Waals surface area contributed by atoms with Gasteiger partial charge < -0.3 is 5.11 Å². The van der Waals surface area contributed by atoms with E-state index in [1.165, 1.54) is 18.7 Å². The van der Waals surface area contributed by atoms with Crippen LogP contribution in [0.25, 0.3) is 0 Å². The summed E-state index contributed by atoms with van der Waals surface area (Å²) < 4.78 is 11.8. The molecule has 54 valence electrons. The lowest BCUT2D eigenvalue weighted by atomic mass is 10.2. The van der Waals surface area contributed by atoms with E-state index in [4.69, 9.17) is 5.11 Å². The Morgan fingerprint density at radius 3 is 2.60 bits per heavy atom. The Morgan fingerprint density at radius 1 is 1.50 bits per heavy atom. The fourth-order valence-corrected chi connectivity index (χ4v) is 0.572. The average Bonchev–Trinajstić information content (AvgIpc) is 2.05. The van der Waals surface area contributed by atoms with Crippen LogP contribution >= 0.6 is 0 Å². The van der Waals surface area contributed by atoms with E-state index in [-0.39, 0.29) is 0 Å². The number of alkyl halides is 1. The first-order valence-corrected chi connectivity index (χ1v) is 2.83. The van der Waals surface area contributed by atoms with Gasteiger partial charge >= 0.3 is 0 Å². The van der Waals surface area contributed by atoms with Crippen molar-refractivity contribution in [3.63, 3.8) is 0 Å². The van der Waals surface area contributed by atoms with Crippen LogP contribution in [0.5, 0.6) is 0 Å². The Balaban J connectivity index is 2.75. The van der Waals surface area contributed by atoms with Gasteiger partial charge in [0.1, 0.15) is 19.1 Å². The molecule has 3 nitrogen and oxygen atoms in total. The van der Waals surface area contributed by atoms with E-state index in [0.29, 0.717) is 5.56 Å². The van der Waals surface area contributed by atoms with Crippen molar-refractivity contribution in [2.75, 3.05) is 6.67 Å². The summed E-state index contributed by atoms with van der Waals surface area (Å²) in [7, 11) is 0. The smallest absolute Gasteiger partial charge is 0.120 e. The Kier molecular flexibility index (Phi) is 2.28. The molecule has 1 unspecified atom stereocenters. The molecule has 0 bridgehead atoms. The van der Waals surface area contributed by atoms with E-state index in [9.17, 15) is 4.39 Å². The second-order valence-electron chi connectivity index (χ2n) is 1.84. The van der Waals surface area contributed by atoms with Gasteiger partial charge in [-0.1, -0.05) is 0 Å². The van der Waals surface area contributed by atoms with Gasteiger partial charge in [-0.05, 0) is 0 Å². The van der Waals surface area contributed by atoms with E-state index in [1.54, 1.807) is 0 Å². The molecule has 1 aromatic rings. The normalized spacial score (nSPS) is 13.0. The van der Waals surface area contributed by atoms with Crippen LogP contribution in [0.2, 0.25) is 0 Å². The molecule has 1 atom stereocenters. The van der Waals surface area contributed by atoms with Crippen molar-refractivity contribution in [3.05, 3.63) is 24.3 Å². The van der Waals surface area contributed by atoms with Crippen molar-refractivity contribution in [1.82, 2.24) is 9.97 Å². The summed E-state index contributed by atoms with van der Waals surface area (Å²) in [4.78, 5) is 7.23. The topological polar surface area (TPSA) is 46.0 Å². The fourth-order valence-electron chi connectivity index (χ4n) is 0.572. The average molecular weight is 142 g/mol. The molecule has 0 aliphatic heterocycles. The van der Waals surface area contributed by atoms with Crippen molar-refractivity contribution in [2.24, 2.45) is 0 Å². The maximum absolute atomic E-state index is 11.8. The summed E-state index contributed by atoms with van der Waals surface area (Å²) in [5, 5.41) is 8.87. The van der Waals surface area contributed by atoms with Crippen LogP contribution < -0.4 is 0 Å². The second-order valence-corrected chi connectivity index (χ2v) is 1.84. The van der Waals surface area contributed by atoms with E-state index in [2.05, 4.69) is 9.97 Å². The van der Waals surface area contributed by atoms with Crippen LogP contribution in [0.3, 0.4) is 0 Å². The molecule has 1 N–H and O–H groups in total. The van der Waals surface area contributed by atoms with Crippen molar-refractivity contribution in [3.8, 4) is 0 Å². The number of aliphatic hydroxyl groups is 1. The number of hydrogen-bond acceptors (Lipinski definition) is 3. The number of aromatic nitrogens is 2. The molecule has 0 aliphatic rings. The zero-order chi connectivity index (χ0) is 7.40. The van der Waals surface area contributed by atoms with Crippen LogP contribution in [-0.2, 0) is 0 Å². The van der Waals surface area contributed by atoms with Crippen molar-refractivity contribution >= 4 is 0 Å². The lowest BCUT2D eigenvalue weighted by Crippen LogP contribution is -1.99. The molecule has 1 heterocycles. The Morgan fingerprint density at radius 2 is 2.10 bits per heavy atom. The molecule has 0 spiro atoms. The van der Waals surface area contributed by atoms with Crippen molar-refractivity contribution in [1.29, 1.82) is 0 Å². The van der Waals surface area contributed by atoms with Gasteiger partial charge in [-0.2, -0.15) is 0 Å². The molecular formula is C6H7FN2O. The van der Waals surface area contributed by atoms with Gasteiger partial charge in [0.15, 0.2) is 0 Å². The molecule has 1 aromatic heterocycles. The summed E-state index contributed by atoms with van der Waals surface area (Å²) >= 11 is 0. The third-order valence-electron chi connectivity index (χ3n) is 1.11. The minimum atomic E-state index is -1.08. The SMILES string of the molecule is OC(CF)c1cncnc1. The number of nitrogens with zero attached hydrogens (tertiary/aromatic N) is 2. The van der Waals surface area contributed by atoms with Gasteiger partial charge in [0.05, 0.1) is 0 Å². The molecule has 0 saturated heterocycles. The monoisotopic (exact) mass is 142 g/mol. The minimum Gasteiger partial charge on any atom is -0.386 e. The molecule has 10 heavy (non-hydrogen) atoms. The van der Waals surface area contributed by atoms with Crippen LogP contribution in [0.15, 0.2) is 18.7 Å². The minimum absolute atomic E-state index is 0.407. The lowest BCUT2D eigenvalue weighted by molar-refractivity contribution is 0.141. The first-order valence-electron chi connectivity index (χ1n) is 2.83. The standard InChI is InChI=1S/C6H7FN2O/c7-1-6(10)5-2-8-4-9-3-5/h2-4,6,10H,1H2. The summed E-state index contributed by atoms with van der Waals surface area (Å²) in [6.07, 6.45) is 3.02. The predicted molar refractivity (Wildman–Crippen MR) is 33.0 cm³/mol. The van der Waals surface area contributed by atoms with Crippen LogP contribution in [-0.4, -0.2) is 21.7 Å². The molecule has 0 saturated carbocycles. The molecule has 0 fully saturated rings. The van der Waals surface area contributed by atoms with Gasteiger partial charge in [0.25, 0.3) is 0 Å². The number of hydrogen-bond donors (Lipinski definition) is 1. The largest absolute Gasteiger partial charge is 0.386 e. The zero-order valence-corrected chi connectivity index (χ0v) is 5.24. The van der Waals surface area contributed by atoms with E-state index >= 15 is 0 Å². The van der Waals surface area contributed by atoms with Gasteiger partial charge in [0, 0.05) is 18.0 Å². The van der Waals surface area contributed by atoms with Crippen LogP contribution in [0, 0.1) is 0 Å². The van der Waals surface area contributed by atoms with Gasteiger partial charge in [-0.15, -0.1) is 0 Å². The first kappa shape index (κ1) is 7.08. The fraction of sp³-hybridized carbons (Fsp3) is 0.333. The van der Waals surface area contributed by atoms with E-state index < -0.39 is 12.8 Å². The third kappa shape index (κ3) is 1.48. The molecule has 4 heteroatoms. The lowest BCUT2D eigenvalue weighted by Gasteiger charge is -2.02. The molecule has 1 rings (SSSR count). The predicted octanol–water partition coefficient (Wildman–Crippen LogP) is 0.480. The summed E-state index contributed by atoms with van der Waals surface area (Å²) in [6.45, 7) is -0.798. The van der Waals surface area contributed by atoms with Crippen molar-refractivity contribution in [2.45, 2.75) is 6.10 Å². The van der Waals surface area contributed by atoms with Crippen LogP contribution in [0.4, 0.5) is 4.39 Å². The highest BCUT2D eigenvalue weighted by Gasteiger charge is 2.05. The quantitative estimate of drug-likeness (QED) is 0.653. The number of aliphatic hydroxyl groups excluding tert-OH is 1. The first-order chi connectivity index (χ1) is 4.84. The highest BCUT2D eigenvalue weighted by molar-refractivity contribution is 5.05. The van der Waals surface area contributed by atoms with E-state index in [0.717, 1.165) is 0 Å². The Hall–Kier alpha value is -1.03. The highest BCUT2D eigenvalue weighted by Crippen LogP contribution is 2.08. The second kappa shape index (κ2) is 3.22. The zero-order valence-electron chi connectivity index (χ0n) is 5.24. The Labute approximate surface area is 57.6 Å². The molecule has 0 radical (unpaired) electrons. The highest BCUT2D eigenvalue weighted by atomic mass is 19.1.